The topological polar surface area (TPSA) is 56.7 Å². The van der Waals surface area contributed by atoms with Gasteiger partial charge in [0, 0.05) is 18.6 Å². The van der Waals surface area contributed by atoms with Crippen LogP contribution in [-0.4, -0.2) is 14.5 Å². The first-order chi connectivity index (χ1) is 9.50. The van der Waals surface area contributed by atoms with Crippen molar-refractivity contribution in [1.29, 1.82) is 0 Å². The summed E-state index contributed by atoms with van der Waals surface area (Å²) >= 11 is 0. The van der Waals surface area contributed by atoms with Gasteiger partial charge >= 0.3 is 6.18 Å². The molecule has 2 aromatic heterocycles. The molecule has 0 amide bonds. The molecule has 0 aliphatic rings. The van der Waals surface area contributed by atoms with E-state index in [2.05, 4.69) is 9.97 Å². The lowest BCUT2D eigenvalue weighted by Gasteiger charge is -2.10. The van der Waals surface area contributed by atoms with E-state index >= 15 is 0 Å². The van der Waals surface area contributed by atoms with Crippen LogP contribution in [0.1, 0.15) is 33.5 Å². The predicted molar refractivity (Wildman–Crippen MR) is 73.5 cm³/mol. The van der Waals surface area contributed by atoms with Gasteiger partial charge in [0.15, 0.2) is 5.82 Å². The van der Waals surface area contributed by atoms with Gasteiger partial charge < -0.3 is 5.73 Å². The van der Waals surface area contributed by atoms with Crippen LogP contribution in [0.4, 0.5) is 18.9 Å². The number of hydrogen-bond acceptors (Lipinski definition) is 3. The molecule has 2 heterocycles. The standard InChI is InChI=1S/C9H7F3N4.2C2H6/c10-9(11,12)8-15-4-5-16(8)7-6(13)2-1-3-14-7;2*1-2/h1-5H,13H2;2*1-2H3. The highest BCUT2D eigenvalue weighted by atomic mass is 19.4. The van der Waals surface area contributed by atoms with Crippen molar-refractivity contribution in [2.75, 3.05) is 5.73 Å². The zero-order valence-corrected chi connectivity index (χ0v) is 11.9. The van der Waals surface area contributed by atoms with E-state index < -0.39 is 12.0 Å². The van der Waals surface area contributed by atoms with E-state index in [1.165, 1.54) is 18.5 Å². The molecule has 0 saturated carbocycles. The molecule has 0 saturated heterocycles. The Balaban J connectivity index is 0.000000829. The van der Waals surface area contributed by atoms with Crippen molar-refractivity contribution in [3.8, 4) is 5.82 Å². The first-order valence-electron chi connectivity index (χ1n) is 6.31. The molecule has 0 aliphatic heterocycles. The Hall–Kier alpha value is -2.05. The largest absolute Gasteiger partial charge is 0.450 e. The van der Waals surface area contributed by atoms with E-state index in [-0.39, 0.29) is 11.5 Å². The number of anilines is 1. The minimum absolute atomic E-state index is 0.0207. The zero-order valence-electron chi connectivity index (χ0n) is 11.9. The van der Waals surface area contributed by atoms with Crippen LogP contribution in [0, 0.1) is 0 Å². The molecule has 20 heavy (non-hydrogen) atoms. The Kier molecular flexibility index (Phi) is 7.35. The fourth-order valence-electron chi connectivity index (χ4n) is 1.29. The van der Waals surface area contributed by atoms with E-state index in [4.69, 9.17) is 5.73 Å². The highest BCUT2D eigenvalue weighted by Crippen LogP contribution is 2.30. The van der Waals surface area contributed by atoms with Crippen molar-refractivity contribution >= 4 is 5.69 Å². The molecule has 2 rings (SSSR count). The Labute approximate surface area is 116 Å². The van der Waals surface area contributed by atoms with Gasteiger partial charge in [-0.2, -0.15) is 13.2 Å². The first kappa shape index (κ1) is 17.9. The van der Waals surface area contributed by atoms with Crippen molar-refractivity contribution in [2.24, 2.45) is 0 Å². The summed E-state index contributed by atoms with van der Waals surface area (Å²) in [4.78, 5) is 7.04. The van der Waals surface area contributed by atoms with Gasteiger partial charge in [-0.25, -0.2) is 9.97 Å². The number of rotatable bonds is 1. The predicted octanol–water partition coefficient (Wildman–Crippen LogP) is 3.92. The average molecular weight is 288 g/mol. The van der Waals surface area contributed by atoms with Gasteiger partial charge in [-0.3, -0.25) is 4.57 Å². The van der Waals surface area contributed by atoms with E-state index in [1.807, 2.05) is 27.7 Å². The summed E-state index contributed by atoms with van der Waals surface area (Å²) in [5.41, 5.74) is 5.70. The Morgan fingerprint density at radius 1 is 1.05 bits per heavy atom. The minimum atomic E-state index is -4.53. The molecule has 4 nitrogen and oxygen atoms in total. The average Bonchev–Trinajstić information content (AvgIpc) is 2.93. The lowest BCUT2D eigenvalue weighted by molar-refractivity contribution is -0.146. The second-order valence-corrected chi connectivity index (χ2v) is 3.03. The zero-order chi connectivity index (χ0) is 15.8. The number of pyridine rings is 1. The summed E-state index contributed by atoms with van der Waals surface area (Å²) < 4.78 is 38.5. The van der Waals surface area contributed by atoms with E-state index in [0.29, 0.717) is 0 Å². The van der Waals surface area contributed by atoms with Crippen LogP contribution in [-0.2, 0) is 6.18 Å². The van der Waals surface area contributed by atoms with Crippen LogP contribution >= 0.6 is 0 Å². The summed E-state index contributed by atoms with van der Waals surface area (Å²) in [5, 5.41) is 0. The Bertz CT molecular complexity index is 506. The molecule has 0 unspecified atom stereocenters. The molecular formula is C13H19F3N4. The molecule has 112 valence electrons. The second-order valence-electron chi connectivity index (χ2n) is 3.03. The van der Waals surface area contributed by atoms with Gasteiger partial charge in [-0.1, -0.05) is 27.7 Å². The number of imidazole rings is 1. The molecule has 2 N–H and O–H groups in total. The van der Waals surface area contributed by atoms with Crippen LogP contribution in [0.2, 0.25) is 0 Å². The fourth-order valence-corrected chi connectivity index (χ4v) is 1.29. The van der Waals surface area contributed by atoms with Crippen LogP contribution in [0.15, 0.2) is 30.7 Å². The lowest BCUT2D eigenvalue weighted by Crippen LogP contribution is -2.15. The number of nitrogen functional groups attached to an aromatic ring is 1. The maximum Gasteiger partial charge on any atom is 0.450 e. The van der Waals surface area contributed by atoms with E-state index in [0.717, 1.165) is 10.8 Å². The van der Waals surface area contributed by atoms with E-state index in [1.54, 1.807) is 6.07 Å². The third-order valence-corrected chi connectivity index (χ3v) is 1.94. The third kappa shape index (κ3) is 4.25. The van der Waals surface area contributed by atoms with Crippen LogP contribution < -0.4 is 5.73 Å². The number of nitrogens with zero attached hydrogens (tertiary/aromatic N) is 3. The second kappa shape index (κ2) is 8.19. The highest BCUT2D eigenvalue weighted by Gasteiger charge is 2.36. The fraction of sp³-hybridized carbons (Fsp3) is 0.385. The number of hydrogen-bond donors (Lipinski definition) is 1. The summed E-state index contributed by atoms with van der Waals surface area (Å²) in [6, 6.07) is 3.02. The monoisotopic (exact) mass is 288 g/mol. The molecule has 0 aliphatic carbocycles. The van der Waals surface area contributed by atoms with Gasteiger partial charge in [-0.15, -0.1) is 0 Å². The Morgan fingerprint density at radius 3 is 2.15 bits per heavy atom. The van der Waals surface area contributed by atoms with Crippen molar-refractivity contribution in [1.82, 2.24) is 14.5 Å². The Morgan fingerprint density at radius 2 is 1.65 bits per heavy atom. The number of alkyl halides is 3. The number of halogens is 3. The van der Waals surface area contributed by atoms with Gasteiger partial charge in [0.05, 0.1) is 5.69 Å². The van der Waals surface area contributed by atoms with Crippen LogP contribution in [0.3, 0.4) is 0 Å². The van der Waals surface area contributed by atoms with Gasteiger partial charge in [-0.05, 0) is 12.1 Å². The SMILES string of the molecule is CC.CC.Nc1cccnc1-n1ccnc1C(F)(F)F. The maximum atomic E-state index is 12.5. The van der Waals surface area contributed by atoms with Crippen molar-refractivity contribution < 1.29 is 13.2 Å². The summed E-state index contributed by atoms with van der Waals surface area (Å²) in [7, 11) is 0. The molecule has 0 atom stereocenters. The van der Waals surface area contributed by atoms with Crippen molar-refractivity contribution in [2.45, 2.75) is 33.9 Å². The van der Waals surface area contributed by atoms with Crippen LogP contribution in [0.25, 0.3) is 5.82 Å². The third-order valence-electron chi connectivity index (χ3n) is 1.94. The summed E-state index contributed by atoms with van der Waals surface area (Å²) in [5.74, 6) is -1.02. The maximum absolute atomic E-state index is 12.5. The highest BCUT2D eigenvalue weighted by molar-refractivity contribution is 5.52. The molecule has 2 aromatic rings. The van der Waals surface area contributed by atoms with Gasteiger partial charge in [0.25, 0.3) is 0 Å². The summed E-state index contributed by atoms with van der Waals surface area (Å²) in [6.45, 7) is 8.00. The molecule has 0 fully saturated rings. The molecule has 0 spiro atoms. The summed E-state index contributed by atoms with van der Waals surface area (Å²) in [6.07, 6.45) is -0.947. The molecule has 0 radical (unpaired) electrons. The van der Waals surface area contributed by atoms with Gasteiger partial charge in [0.1, 0.15) is 0 Å². The van der Waals surface area contributed by atoms with Crippen molar-refractivity contribution in [3.63, 3.8) is 0 Å². The first-order valence-corrected chi connectivity index (χ1v) is 6.31. The number of aromatic nitrogens is 3. The normalized spacial score (nSPS) is 9.95. The molecule has 7 heteroatoms. The molecule has 0 aromatic carbocycles. The molecular weight excluding hydrogens is 269 g/mol. The molecule has 0 bridgehead atoms. The van der Waals surface area contributed by atoms with E-state index in [9.17, 15) is 13.2 Å². The lowest BCUT2D eigenvalue weighted by atomic mass is 10.4. The smallest absolute Gasteiger partial charge is 0.396 e. The minimum Gasteiger partial charge on any atom is -0.396 e. The van der Waals surface area contributed by atoms with Crippen LogP contribution in [0.5, 0.6) is 0 Å². The quantitative estimate of drug-likeness (QED) is 0.865. The van der Waals surface area contributed by atoms with Crippen molar-refractivity contribution in [3.05, 3.63) is 36.5 Å². The van der Waals surface area contributed by atoms with Gasteiger partial charge in [0.2, 0.25) is 5.82 Å². The number of nitrogens with two attached hydrogens (primary N) is 1.